The van der Waals surface area contributed by atoms with Gasteiger partial charge in [-0.1, -0.05) is 0 Å². The maximum atomic E-state index is 8.86. The molecule has 0 saturated carbocycles. The van der Waals surface area contributed by atoms with Crippen LogP contribution in [0.15, 0.2) is 27.8 Å². The largest absolute Gasteiger partial charge is 0.249 e. The molecule has 1 aromatic rings. The highest BCUT2D eigenvalue weighted by molar-refractivity contribution is 9.10. The van der Waals surface area contributed by atoms with Gasteiger partial charge in [-0.05, 0) is 48.3 Å². The van der Waals surface area contributed by atoms with E-state index in [9.17, 15) is 0 Å². The van der Waals surface area contributed by atoms with Gasteiger partial charge >= 0.3 is 0 Å². The summed E-state index contributed by atoms with van der Waals surface area (Å²) in [4.78, 5) is 4.26. The van der Waals surface area contributed by atoms with Gasteiger partial charge in [0.2, 0.25) is 0 Å². The molecule has 80 valence electrons. The Kier molecular flexibility index (Phi) is 4.62. The number of hydrogen-bond donors (Lipinski definition) is 0. The first kappa shape index (κ1) is 12.5. The Bertz CT molecular complexity index is 371. The normalized spacial score (nSPS) is 11.1. The van der Waals surface area contributed by atoms with E-state index in [4.69, 9.17) is 5.26 Å². The smallest absolute Gasteiger partial charge is 0.110 e. The quantitative estimate of drug-likeness (QED) is 0.788. The van der Waals surface area contributed by atoms with Crippen molar-refractivity contribution in [1.82, 2.24) is 4.98 Å². The Labute approximate surface area is 103 Å². The molecule has 0 saturated heterocycles. The molecule has 15 heavy (non-hydrogen) atoms. The van der Waals surface area contributed by atoms with Crippen molar-refractivity contribution in [2.24, 2.45) is 5.41 Å². The molecule has 2 nitrogen and oxygen atoms in total. The minimum absolute atomic E-state index is 0.242. The van der Waals surface area contributed by atoms with Crippen LogP contribution in [0.5, 0.6) is 0 Å². The van der Waals surface area contributed by atoms with Gasteiger partial charge in [0.1, 0.15) is 5.03 Å². The highest BCUT2D eigenvalue weighted by atomic mass is 79.9. The first-order valence-corrected chi connectivity index (χ1v) is 6.47. The number of halogens is 1. The lowest BCUT2D eigenvalue weighted by Crippen LogP contribution is -2.08. The predicted molar refractivity (Wildman–Crippen MR) is 66.7 cm³/mol. The summed E-state index contributed by atoms with van der Waals surface area (Å²) in [6.07, 6.45) is 2.65. The molecule has 0 amide bonds. The maximum absolute atomic E-state index is 8.86. The monoisotopic (exact) mass is 284 g/mol. The maximum Gasteiger partial charge on any atom is 0.110 e. The van der Waals surface area contributed by atoms with Gasteiger partial charge in [-0.2, -0.15) is 5.26 Å². The molecule has 0 N–H and O–H groups in total. The fourth-order valence-electron chi connectivity index (χ4n) is 0.936. The number of aromatic nitrogens is 1. The highest BCUT2D eigenvalue weighted by Gasteiger charge is 2.16. The number of nitriles is 1. The third-order valence-electron chi connectivity index (χ3n) is 1.99. The predicted octanol–water partition coefficient (Wildman–Crippen LogP) is 3.88. The topological polar surface area (TPSA) is 36.7 Å². The van der Waals surface area contributed by atoms with Gasteiger partial charge in [0, 0.05) is 16.4 Å². The second kappa shape index (κ2) is 5.53. The average molecular weight is 285 g/mol. The van der Waals surface area contributed by atoms with E-state index in [2.05, 4.69) is 27.0 Å². The van der Waals surface area contributed by atoms with Gasteiger partial charge in [0.05, 0.1) is 11.5 Å². The summed E-state index contributed by atoms with van der Waals surface area (Å²) >= 11 is 5.13. The van der Waals surface area contributed by atoms with Gasteiger partial charge in [-0.15, -0.1) is 11.8 Å². The van der Waals surface area contributed by atoms with Crippen LogP contribution in [0.25, 0.3) is 0 Å². The fourth-order valence-corrected chi connectivity index (χ4v) is 2.68. The van der Waals surface area contributed by atoms with E-state index in [-0.39, 0.29) is 5.41 Å². The van der Waals surface area contributed by atoms with Gasteiger partial charge in [-0.25, -0.2) is 4.98 Å². The molecule has 1 heterocycles. The summed E-state index contributed by atoms with van der Waals surface area (Å²) in [5, 5.41) is 9.85. The molecule has 0 aromatic carbocycles. The molecule has 0 atom stereocenters. The van der Waals surface area contributed by atoms with E-state index in [0.717, 1.165) is 21.7 Å². The first-order chi connectivity index (χ1) is 7.05. The van der Waals surface area contributed by atoms with Crippen molar-refractivity contribution in [3.8, 4) is 6.07 Å². The number of thioether (sulfide) groups is 1. The Hall–Kier alpha value is -0.530. The van der Waals surface area contributed by atoms with Crippen LogP contribution in [-0.4, -0.2) is 10.7 Å². The van der Waals surface area contributed by atoms with Gasteiger partial charge in [-0.3, -0.25) is 0 Å². The number of pyridine rings is 1. The van der Waals surface area contributed by atoms with E-state index in [0.29, 0.717) is 0 Å². The Morgan fingerprint density at radius 2 is 2.33 bits per heavy atom. The fraction of sp³-hybridized carbons (Fsp3) is 0.455. The average Bonchev–Trinajstić information content (AvgIpc) is 2.21. The standard InChI is InChI=1S/C11H13BrN2S/c1-11(2,8-13)5-7-15-10-9(12)4-3-6-14-10/h3-4,6H,5,7H2,1-2H3. The summed E-state index contributed by atoms with van der Waals surface area (Å²) in [5.41, 5.74) is -0.242. The van der Waals surface area contributed by atoms with Gasteiger partial charge in [0.15, 0.2) is 0 Å². The van der Waals surface area contributed by atoms with E-state index in [1.807, 2.05) is 26.0 Å². The number of nitrogens with zero attached hydrogens (tertiary/aromatic N) is 2. The number of rotatable bonds is 4. The van der Waals surface area contributed by atoms with Crippen LogP contribution in [0, 0.1) is 16.7 Å². The molecule has 1 aromatic heterocycles. The van der Waals surface area contributed by atoms with Crippen LogP contribution in [0.2, 0.25) is 0 Å². The van der Waals surface area contributed by atoms with Crippen LogP contribution < -0.4 is 0 Å². The summed E-state index contributed by atoms with van der Waals surface area (Å²) in [6, 6.07) is 6.17. The van der Waals surface area contributed by atoms with Crippen LogP contribution >= 0.6 is 27.7 Å². The third kappa shape index (κ3) is 4.23. The Morgan fingerprint density at radius 3 is 2.93 bits per heavy atom. The minimum Gasteiger partial charge on any atom is -0.249 e. The lowest BCUT2D eigenvalue weighted by Gasteiger charge is -2.13. The molecule has 0 spiro atoms. The minimum atomic E-state index is -0.242. The SMILES string of the molecule is CC(C)(C#N)CCSc1ncccc1Br. The molecule has 1 rings (SSSR count). The van der Waals surface area contributed by atoms with E-state index in [1.54, 1.807) is 18.0 Å². The van der Waals surface area contributed by atoms with Crippen LogP contribution in [0.3, 0.4) is 0 Å². The third-order valence-corrected chi connectivity index (χ3v) is 3.90. The Morgan fingerprint density at radius 1 is 1.60 bits per heavy atom. The Balaban J connectivity index is 2.46. The molecule has 0 fully saturated rings. The molecule has 0 aliphatic rings. The molecular weight excluding hydrogens is 272 g/mol. The first-order valence-electron chi connectivity index (χ1n) is 4.70. The molecule has 4 heteroatoms. The van der Waals surface area contributed by atoms with Crippen LogP contribution in [-0.2, 0) is 0 Å². The van der Waals surface area contributed by atoms with Crippen molar-refractivity contribution in [3.63, 3.8) is 0 Å². The van der Waals surface area contributed by atoms with E-state index in [1.165, 1.54) is 0 Å². The lowest BCUT2D eigenvalue weighted by atomic mass is 9.93. The molecule has 0 radical (unpaired) electrons. The van der Waals surface area contributed by atoms with Crippen molar-refractivity contribution in [1.29, 1.82) is 5.26 Å². The van der Waals surface area contributed by atoms with E-state index < -0.39 is 0 Å². The molecule has 0 aliphatic heterocycles. The zero-order valence-corrected chi connectivity index (χ0v) is 11.2. The summed E-state index contributed by atoms with van der Waals surface area (Å²) in [5.74, 6) is 0.913. The van der Waals surface area contributed by atoms with Crippen molar-refractivity contribution in [3.05, 3.63) is 22.8 Å². The van der Waals surface area contributed by atoms with Crippen molar-refractivity contribution < 1.29 is 0 Å². The highest BCUT2D eigenvalue weighted by Crippen LogP contribution is 2.28. The molecule has 0 unspecified atom stereocenters. The molecular formula is C11H13BrN2S. The molecule has 0 aliphatic carbocycles. The molecule has 0 bridgehead atoms. The van der Waals surface area contributed by atoms with Crippen LogP contribution in [0.4, 0.5) is 0 Å². The van der Waals surface area contributed by atoms with Crippen LogP contribution in [0.1, 0.15) is 20.3 Å². The summed E-state index contributed by atoms with van der Waals surface area (Å²) < 4.78 is 1.02. The number of hydrogen-bond acceptors (Lipinski definition) is 3. The lowest BCUT2D eigenvalue weighted by molar-refractivity contribution is 0.482. The summed E-state index contributed by atoms with van der Waals surface area (Å²) in [6.45, 7) is 3.92. The zero-order chi connectivity index (χ0) is 11.3. The van der Waals surface area contributed by atoms with Gasteiger partial charge in [0.25, 0.3) is 0 Å². The van der Waals surface area contributed by atoms with Gasteiger partial charge < -0.3 is 0 Å². The second-order valence-electron chi connectivity index (χ2n) is 3.88. The van der Waals surface area contributed by atoms with Crippen molar-refractivity contribution in [2.75, 3.05) is 5.75 Å². The zero-order valence-electron chi connectivity index (χ0n) is 8.83. The van der Waals surface area contributed by atoms with E-state index >= 15 is 0 Å². The second-order valence-corrected chi connectivity index (χ2v) is 5.82. The summed E-state index contributed by atoms with van der Waals surface area (Å²) in [7, 11) is 0. The van der Waals surface area contributed by atoms with Crippen molar-refractivity contribution in [2.45, 2.75) is 25.3 Å². The van der Waals surface area contributed by atoms with Crippen molar-refractivity contribution >= 4 is 27.7 Å².